The normalized spacial score (nSPS) is 15.5. The number of nitrogens with two attached hydrogens (primary N) is 1. The lowest BCUT2D eigenvalue weighted by Gasteiger charge is -2.24. The summed E-state index contributed by atoms with van der Waals surface area (Å²) in [5.41, 5.74) is 6.98. The molecule has 1 saturated heterocycles. The molecule has 3 N–H and O–H groups in total. The number of benzene rings is 2. The van der Waals surface area contributed by atoms with E-state index in [-0.39, 0.29) is 10.6 Å². The van der Waals surface area contributed by atoms with Crippen LogP contribution in [0.1, 0.15) is 6.42 Å². The van der Waals surface area contributed by atoms with Crippen LogP contribution in [0.25, 0.3) is 0 Å². The molecule has 1 aliphatic heterocycles. The van der Waals surface area contributed by atoms with Gasteiger partial charge in [0, 0.05) is 31.4 Å². The van der Waals surface area contributed by atoms with Gasteiger partial charge in [0.15, 0.2) is 0 Å². The fourth-order valence-corrected chi connectivity index (χ4v) is 4.37. The molecule has 1 heterocycles. The third-order valence-corrected chi connectivity index (χ3v) is 6.43. The first-order valence-electron chi connectivity index (χ1n) is 8.22. The van der Waals surface area contributed by atoms with Gasteiger partial charge in [-0.05, 0) is 43.3 Å². The van der Waals surface area contributed by atoms with Crippen molar-refractivity contribution in [2.75, 3.05) is 40.6 Å². The lowest BCUT2D eigenvalue weighted by molar-refractivity contribution is 0.594. The van der Waals surface area contributed by atoms with Gasteiger partial charge in [-0.2, -0.15) is 12.2 Å². The van der Waals surface area contributed by atoms with Gasteiger partial charge in [-0.1, -0.05) is 12.1 Å². The Morgan fingerprint density at radius 3 is 2.65 bits per heavy atom. The summed E-state index contributed by atoms with van der Waals surface area (Å²) in [5.74, 6) is -0.729. The minimum Gasteiger partial charge on any atom is -0.397 e. The van der Waals surface area contributed by atoms with Crippen LogP contribution in [0.15, 0.2) is 47.4 Å². The standard InChI is InChI=1S/C17H20ClFN4O2S/c18-23(16-5-2-1-4-14(16)19)26(24,25)13-6-7-17(15(20)12-13)22-10-3-8-21-9-11-22/h1-2,4-7,12,21H,3,8-11,20H2. The summed E-state index contributed by atoms with van der Waals surface area (Å²) < 4.78 is 39.7. The number of anilines is 3. The second kappa shape index (κ2) is 7.69. The monoisotopic (exact) mass is 398 g/mol. The number of hydrogen-bond donors (Lipinski definition) is 2. The predicted molar refractivity (Wildman–Crippen MR) is 102 cm³/mol. The lowest BCUT2D eigenvalue weighted by Crippen LogP contribution is -2.28. The molecule has 6 nitrogen and oxygen atoms in total. The van der Waals surface area contributed by atoms with Crippen LogP contribution in [-0.2, 0) is 10.0 Å². The van der Waals surface area contributed by atoms with Gasteiger partial charge >= 0.3 is 0 Å². The average Bonchev–Trinajstić information content (AvgIpc) is 2.90. The van der Waals surface area contributed by atoms with E-state index in [1.807, 2.05) is 0 Å². The highest BCUT2D eigenvalue weighted by Crippen LogP contribution is 2.32. The molecule has 2 aromatic rings. The van der Waals surface area contributed by atoms with Crippen molar-refractivity contribution in [3.05, 3.63) is 48.3 Å². The van der Waals surface area contributed by atoms with E-state index in [0.717, 1.165) is 44.4 Å². The van der Waals surface area contributed by atoms with Crippen molar-refractivity contribution in [3.8, 4) is 0 Å². The van der Waals surface area contributed by atoms with Crippen LogP contribution < -0.4 is 19.8 Å². The van der Waals surface area contributed by atoms with E-state index in [9.17, 15) is 12.8 Å². The van der Waals surface area contributed by atoms with Crippen LogP contribution in [0.3, 0.4) is 0 Å². The zero-order valence-electron chi connectivity index (χ0n) is 14.0. The van der Waals surface area contributed by atoms with Gasteiger partial charge in [0.1, 0.15) is 11.5 Å². The highest BCUT2D eigenvalue weighted by molar-refractivity contribution is 7.94. The molecule has 1 aliphatic rings. The summed E-state index contributed by atoms with van der Waals surface area (Å²) in [6.45, 7) is 3.39. The second-order valence-electron chi connectivity index (χ2n) is 5.98. The SMILES string of the molecule is Nc1cc(S(=O)(=O)N(Cl)c2ccccc2F)ccc1N1CCCNCC1. The number of nitrogen functional groups attached to an aromatic ring is 1. The first-order valence-corrected chi connectivity index (χ1v) is 10.00. The average molecular weight is 399 g/mol. The van der Waals surface area contributed by atoms with Crippen molar-refractivity contribution in [1.82, 2.24) is 5.32 Å². The molecule has 9 heteroatoms. The van der Waals surface area contributed by atoms with Crippen molar-refractivity contribution >= 4 is 38.9 Å². The Balaban J connectivity index is 1.91. The number of hydrogen-bond acceptors (Lipinski definition) is 5. The zero-order valence-corrected chi connectivity index (χ0v) is 15.6. The molecule has 0 aliphatic carbocycles. The number of nitrogens with one attached hydrogen (secondary N) is 1. The Morgan fingerprint density at radius 2 is 1.92 bits per heavy atom. The smallest absolute Gasteiger partial charge is 0.278 e. The second-order valence-corrected chi connectivity index (χ2v) is 8.31. The summed E-state index contributed by atoms with van der Waals surface area (Å²) in [6.07, 6.45) is 0.974. The quantitative estimate of drug-likeness (QED) is 0.611. The largest absolute Gasteiger partial charge is 0.397 e. The van der Waals surface area contributed by atoms with Crippen LogP contribution >= 0.6 is 11.8 Å². The maximum absolute atomic E-state index is 13.9. The van der Waals surface area contributed by atoms with Gasteiger partial charge in [0.2, 0.25) is 0 Å². The minimum atomic E-state index is -4.14. The maximum Gasteiger partial charge on any atom is 0.278 e. The maximum atomic E-state index is 13.9. The minimum absolute atomic E-state index is 0.0926. The molecular formula is C17H20ClFN4O2S. The number of para-hydroxylation sites is 1. The fourth-order valence-electron chi connectivity index (χ4n) is 2.88. The van der Waals surface area contributed by atoms with E-state index in [4.69, 9.17) is 17.5 Å². The summed E-state index contributed by atoms with van der Waals surface area (Å²) in [7, 11) is -4.14. The first-order chi connectivity index (χ1) is 12.4. The summed E-state index contributed by atoms with van der Waals surface area (Å²) in [6, 6.07) is 9.87. The molecule has 0 radical (unpaired) electrons. The van der Waals surface area contributed by atoms with Gasteiger partial charge < -0.3 is 16.0 Å². The predicted octanol–water partition coefficient (Wildman–Crippen LogP) is 2.56. The zero-order chi connectivity index (χ0) is 18.7. The lowest BCUT2D eigenvalue weighted by atomic mass is 10.2. The van der Waals surface area contributed by atoms with Crippen LogP contribution in [0, 0.1) is 5.82 Å². The molecule has 140 valence electrons. The molecule has 0 unspecified atom stereocenters. The molecule has 26 heavy (non-hydrogen) atoms. The van der Waals surface area contributed by atoms with Crippen LogP contribution in [0.4, 0.5) is 21.5 Å². The van der Waals surface area contributed by atoms with Crippen molar-refractivity contribution < 1.29 is 12.8 Å². The molecule has 0 saturated carbocycles. The van der Waals surface area contributed by atoms with Gasteiger partial charge in [0.05, 0.1) is 16.3 Å². The Bertz CT molecular complexity index is 886. The van der Waals surface area contributed by atoms with Crippen molar-refractivity contribution in [1.29, 1.82) is 0 Å². The Hall–Kier alpha value is -2.03. The molecule has 3 rings (SSSR count). The molecule has 0 aromatic heterocycles. The van der Waals surface area contributed by atoms with Crippen LogP contribution in [-0.4, -0.2) is 34.6 Å². The van der Waals surface area contributed by atoms with E-state index in [1.54, 1.807) is 6.07 Å². The third-order valence-electron chi connectivity index (χ3n) is 4.23. The highest BCUT2D eigenvalue weighted by Gasteiger charge is 2.27. The van der Waals surface area contributed by atoms with Gasteiger partial charge in [-0.15, -0.1) is 0 Å². The first kappa shape index (κ1) is 18.8. The third kappa shape index (κ3) is 3.72. The summed E-state index contributed by atoms with van der Waals surface area (Å²) in [4.78, 5) is 2.02. The number of halogens is 2. The van der Waals surface area contributed by atoms with Gasteiger partial charge in [-0.3, -0.25) is 0 Å². The van der Waals surface area contributed by atoms with E-state index >= 15 is 0 Å². The molecular weight excluding hydrogens is 379 g/mol. The fraction of sp³-hybridized carbons (Fsp3) is 0.294. The summed E-state index contributed by atoms with van der Waals surface area (Å²) >= 11 is 5.95. The summed E-state index contributed by atoms with van der Waals surface area (Å²) in [5, 5.41) is 3.30. The van der Waals surface area contributed by atoms with E-state index in [1.165, 1.54) is 30.3 Å². The van der Waals surface area contributed by atoms with E-state index in [2.05, 4.69) is 10.2 Å². The topological polar surface area (TPSA) is 78.7 Å². The van der Waals surface area contributed by atoms with Gasteiger partial charge in [-0.25, -0.2) is 4.39 Å². The number of nitrogens with zero attached hydrogens (tertiary/aromatic N) is 2. The van der Waals surface area contributed by atoms with Crippen molar-refractivity contribution in [2.45, 2.75) is 11.3 Å². The van der Waals surface area contributed by atoms with E-state index in [0.29, 0.717) is 9.51 Å². The highest BCUT2D eigenvalue weighted by atomic mass is 35.5. The molecule has 0 bridgehead atoms. The molecule has 0 amide bonds. The van der Waals surface area contributed by atoms with E-state index < -0.39 is 15.8 Å². The van der Waals surface area contributed by atoms with Crippen LogP contribution in [0.2, 0.25) is 0 Å². The Morgan fingerprint density at radius 1 is 1.15 bits per heavy atom. The molecule has 2 aromatic carbocycles. The Labute approximate surface area is 157 Å². The molecule has 1 fully saturated rings. The molecule has 0 spiro atoms. The Kier molecular flexibility index (Phi) is 5.55. The van der Waals surface area contributed by atoms with Crippen molar-refractivity contribution in [2.24, 2.45) is 0 Å². The van der Waals surface area contributed by atoms with Gasteiger partial charge in [0.25, 0.3) is 10.0 Å². The number of rotatable bonds is 4. The molecule has 0 atom stereocenters. The number of sulfonamides is 1. The van der Waals surface area contributed by atoms with Crippen LogP contribution in [0.5, 0.6) is 0 Å². The van der Waals surface area contributed by atoms with Crippen molar-refractivity contribution in [3.63, 3.8) is 0 Å².